The predicted octanol–water partition coefficient (Wildman–Crippen LogP) is 5.18. The Labute approximate surface area is 242 Å². The number of piperidine rings is 1. The lowest BCUT2D eigenvalue weighted by Gasteiger charge is -2.51. The molecular formula is C31H43N5O5. The number of nitrogens with one attached hydrogen (secondary N) is 1. The van der Waals surface area contributed by atoms with Crippen LogP contribution in [0.3, 0.4) is 0 Å². The molecule has 0 radical (unpaired) electrons. The number of rotatable bonds is 5. The molecule has 1 saturated heterocycles. The topological polar surface area (TPSA) is 107 Å². The highest BCUT2D eigenvalue weighted by atomic mass is 16.5. The number of hydrazone groups is 1. The Morgan fingerprint density at radius 1 is 1.07 bits per heavy atom. The Morgan fingerprint density at radius 2 is 1.66 bits per heavy atom. The van der Waals surface area contributed by atoms with E-state index in [1.807, 2.05) is 52.0 Å². The Balaban J connectivity index is 1.65. The zero-order valence-corrected chi connectivity index (χ0v) is 25.4. The van der Waals surface area contributed by atoms with E-state index in [2.05, 4.69) is 29.3 Å². The lowest BCUT2D eigenvalue weighted by Crippen LogP contribution is -2.61. The van der Waals surface area contributed by atoms with Crippen LogP contribution in [0.2, 0.25) is 0 Å². The second-order valence-electron chi connectivity index (χ2n) is 12.1. The smallest absolute Gasteiger partial charge is 0.408 e. The van der Waals surface area contributed by atoms with Crippen molar-refractivity contribution in [2.24, 2.45) is 5.10 Å². The molecule has 0 saturated carbocycles. The van der Waals surface area contributed by atoms with Crippen LogP contribution in [0.25, 0.3) is 0 Å². The van der Waals surface area contributed by atoms with E-state index in [9.17, 15) is 14.7 Å². The number of methoxy groups -OCH3 is 2. The van der Waals surface area contributed by atoms with Crippen molar-refractivity contribution in [2.45, 2.75) is 71.0 Å². The highest BCUT2D eigenvalue weighted by molar-refractivity contribution is 6.14. The summed E-state index contributed by atoms with van der Waals surface area (Å²) in [4.78, 5) is 28.8. The summed E-state index contributed by atoms with van der Waals surface area (Å²) in [6, 6.07) is 11.6. The summed E-state index contributed by atoms with van der Waals surface area (Å²) in [7, 11) is 4.82. The number of urea groups is 1. The zero-order chi connectivity index (χ0) is 30.1. The van der Waals surface area contributed by atoms with E-state index in [4.69, 9.17) is 14.6 Å². The molecule has 2 aliphatic rings. The normalized spacial score (nSPS) is 18.5. The van der Waals surface area contributed by atoms with Gasteiger partial charge in [0.05, 0.1) is 26.0 Å². The molecule has 1 fully saturated rings. The van der Waals surface area contributed by atoms with E-state index >= 15 is 0 Å². The number of amides is 3. The third-order valence-electron chi connectivity index (χ3n) is 8.18. The van der Waals surface area contributed by atoms with Crippen LogP contribution in [0.4, 0.5) is 15.3 Å². The summed E-state index contributed by atoms with van der Waals surface area (Å²) in [6.07, 6.45) is 1.19. The van der Waals surface area contributed by atoms with Crippen LogP contribution in [0.5, 0.6) is 11.5 Å². The quantitative estimate of drug-likeness (QED) is 0.518. The van der Waals surface area contributed by atoms with E-state index in [1.54, 1.807) is 26.2 Å². The molecule has 2 heterocycles. The molecule has 1 atom stereocenters. The van der Waals surface area contributed by atoms with Crippen LogP contribution in [0.15, 0.2) is 41.5 Å². The van der Waals surface area contributed by atoms with Gasteiger partial charge in [0, 0.05) is 48.0 Å². The summed E-state index contributed by atoms with van der Waals surface area (Å²) < 4.78 is 11.2. The predicted molar refractivity (Wildman–Crippen MR) is 161 cm³/mol. The largest absolute Gasteiger partial charge is 0.493 e. The van der Waals surface area contributed by atoms with Crippen molar-refractivity contribution in [3.8, 4) is 11.5 Å². The number of carboxylic acid groups (broad SMARTS) is 1. The lowest BCUT2D eigenvalue weighted by molar-refractivity contribution is 0.0118. The molecule has 2 aromatic rings. The van der Waals surface area contributed by atoms with E-state index in [0.29, 0.717) is 23.6 Å². The van der Waals surface area contributed by atoms with Crippen molar-refractivity contribution >= 4 is 23.5 Å². The van der Waals surface area contributed by atoms with Gasteiger partial charge in [0.2, 0.25) is 0 Å². The van der Waals surface area contributed by atoms with Crippen molar-refractivity contribution in [1.82, 2.24) is 15.2 Å². The average Bonchev–Trinajstić information content (AvgIpc) is 3.06. The van der Waals surface area contributed by atoms with Crippen LogP contribution < -0.4 is 19.7 Å². The Kier molecular flexibility index (Phi) is 8.42. The second-order valence-corrected chi connectivity index (χ2v) is 12.1. The molecule has 3 amide bonds. The molecule has 2 N–H and O–H groups in total. The van der Waals surface area contributed by atoms with Gasteiger partial charge in [0.25, 0.3) is 0 Å². The molecule has 4 rings (SSSR count). The highest BCUT2D eigenvalue weighted by Gasteiger charge is 2.44. The maximum Gasteiger partial charge on any atom is 0.408 e. The van der Waals surface area contributed by atoms with Crippen LogP contribution >= 0.6 is 0 Å². The summed E-state index contributed by atoms with van der Waals surface area (Å²) >= 11 is 0. The number of nitrogens with zero attached hydrogens (tertiary/aromatic N) is 4. The van der Waals surface area contributed by atoms with Gasteiger partial charge >= 0.3 is 12.1 Å². The van der Waals surface area contributed by atoms with E-state index in [-0.39, 0.29) is 12.1 Å². The maximum atomic E-state index is 12.8. The zero-order valence-electron chi connectivity index (χ0n) is 25.4. The number of hydrogen-bond acceptors (Lipinski definition) is 6. The minimum atomic E-state index is -0.878. The van der Waals surface area contributed by atoms with E-state index < -0.39 is 17.2 Å². The summed E-state index contributed by atoms with van der Waals surface area (Å²) in [5.41, 5.74) is 3.60. The van der Waals surface area contributed by atoms with Crippen LogP contribution in [-0.4, -0.2) is 84.3 Å². The lowest BCUT2D eigenvalue weighted by atomic mass is 9.84. The first-order valence-electron chi connectivity index (χ1n) is 14.1. The highest BCUT2D eigenvalue weighted by Crippen LogP contribution is 2.37. The average molecular weight is 566 g/mol. The number of benzene rings is 2. The number of fused-ring (bicyclic) bond motifs is 1. The van der Waals surface area contributed by atoms with Crippen LogP contribution in [0.1, 0.15) is 64.2 Å². The van der Waals surface area contributed by atoms with E-state index in [0.717, 1.165) is 48.3 Å². The third-order valence-corrected chi connectivity index (χ3v) is 8.18. The molecule has 2 aromatic carbocycles. The number of ether oxygens (including phenoxy) is 2. The first kappa shape index (κ1) is 30.0. The summed E-state index contributed by atoms with van der Waals surface area (Å²) in [6.45, 7) is 11.4. The van der Waals surface area contributed by atoms with Gasteiger partial charge in [0.15, 0.2) is 11.5 Å². The fourth-order valence-electron chi connectivity index (χ4n) is 6.18. The minimum absolute atomic E-state index is 0.176. The van der Waals surface area contributed by atoms with Crippen LogP contribution in [-0.2, 0) is 6.42 Å². The van der Waals surface area contributed by atoms with E-state index in [1.165, 1.54) is 5.01 Å². The second kappa shape index (κ2) is 11.5. The van der Waals surface area contributed by atoms with Crippen molar-refractivity contribution < 1.29 is 24.2 Å². The first-order chi connectivity index (χ1) is 19.3. The molecule has 2 aliphatic heterocycles. The van der Waals surface area contributed by atoms with Gasteiger partial charge in [-0.3, -0.25) is 4.90 Å². The maximum absolute atomic E-state index is 12.8. The SMILES string of the molecule is CNC(=O)N1N=C(c2ccc(N3CCC(C)(N(C(=O)O)C(C)(C)C)CC3)cc2)c2cc(OC)c(OC)cc2CC1C. The molecule has 41 heavy (non-hydrogen) atoms. The number of hydrogen-bond donors (Lipinski definition) is 2. The summed E-state index contributed by atoms with van der Waals surface area (Å²) in [5, 5.41) is 19.0. The molecule has 10 heteroatoms. The molecule has 0 aliphatic carbocycles. The molecule has 0 aromatic heterocycles. The van der Waals surface area contributed by atoms with Gasteiger partial charge in [-0.1, -0.05) is 12.1 Å². The molecule has 0 spiro atoms. The Bertz CT molecular complexity index is 1310. The van der Waals surface area contributed by atoms with Crippen molar-refractivity contribution in [3.63, 3.8) is 0 Å². The number of carbonyl (C=O) groups is 2. The molecule has 222 valence electrons. The van der Waals surface area contributed by atoms with Crippen LogP contribution in [0, 0.1) is 0 Å². The van der Waals surface area contributed by atoms with Gasteiger partial charge in [-0.25, -0.2) is 14.6 Å². The van der Waals surface area contributed by atoms with Gasteiger partial charge in [-0.15, -0.1) is 0 Å². The fourth-order valence-corrected chi connectivity index (χ4v) is 6.18. The van der Waals surface area contributed by atoms with Crippen molar-refractivity contribution in [2.75, 3.05) is 39.3 Å². The third kappa shape index (κ3) is 5.92. The molecule has 0 bridgehead atoms. The summed E-state index contributed by atoms with van der Waals surface area (Å²) in [5.74, 6) is 1.23. The number of carbonyl (C=O) groups excluding carboxylic acids is 1. The monoisotopic (exact) mass is 565 g/mol. The minimum Gasteiger partial charge on any atom is -0.493 e. The first-order valence-corrected chi connectivity index (χ1v) is 14.1. The molecule has 1 unspecified atom stereocenters. The Morgan fingerprint density at radius 3 is 2.17 bits per heavy atom. The Hall–Kier alpha value is -3.95. The van der Waals surface area contributed by atoms with Gasteiger partial charge in [-0.05, 0) is 83.7 Å². The fraction of sp³-hybridized carbons (Fsp3) is 0.516. The number of anilines is 1. The van der Waals surface area contributed by atoms with Gasteiger partial charge in [0.1, 0.15) is 0 Å². The molecular weight excluding hydrogens is 522 g/mol. The molecule has 10 nitrogen and oxygen atoms in total. The van der Waals surface area contributed by atoms with Gasteiger partial charge < -0.3 is 24.8 Å². The standard InChI is InChI=1S/C31H43N5O5/c1-20-17-22-18-25(40-7)26(41-8)19-24(22)27(33-35(20)28(37)32-6)21-9-11-23(12-10-21)34-15-13-31(5,14-16-34)36(29(38)39)30(2,3)4/h9-12,18-20H,13-17H2,1-8H3,(H,32,37)(H,38,39). The van der Waals surface area contributed by atoms with Crippen molar-refractivity contribution in [3.05, 3.63) is 53.1 Å². The van der Waals surface area contributed by atoms with Crippen molar-refractivity contribution in [1.29, 1.82) is 0 Å². The van der Waals surface area contributed by atoms with Gasteiger partial charge in [-0.2, -0.15) is 5.10 Å².